The molecule has 0 aromatic heterocycles. The second-order valence-electron chi connectivity index (χ2n) is 17.6. The molecule has 0 radical (unpaired) electrons. The molecular formula is C65H47NSi. The molecular weight excluding hydrogens is 823 g/mol. The van der Waals surface area contributed by atoms with Gasteiger partial charge in [-0.2, -0.15) is 0 Å². The number of rotatable bonds is 10. The van der Waals surface area contributed by atoms with Gasteiger partial charge in [-0.25, -0.2) is 0 Å². The lowest BCUT2D eigenvalue weighted by Crippen LogP contribution is -2.74. The van der Waals surface area contributed by atoms with Crippen molar-refractivity contribution in [1.29, 1.82) is 0 Å². The molecule has 11 aromatic rings. The van der Waals surface area contributed by atoms with Gasteiger partial charge in [0.25, 0.3) is 0 Å². The number of benzene rings is 11. The van der Waals surface area contributed by atoms with E-state index in [9.17, 15) is 0 Å². The normalized spacial score (nSPS) is 12.6. The van der Waals surface area contributed by atoms with Crippen LogP contribution in [0, 0.1) is 0 Å². The quantitative estimate of drug-likeness (QED) is 0.0978. The first-order valence-corrected chi connectivity index (χ1v) is 25.3. The number of hydrogen-bond donors (Lipinski definition) is 0. The van der Waals surface area contributed by atoms with Crippen molar-refractivity contribution in [2.75, 3.05) is 4.90 Å². The molecule has 0 saturated heterocycles. The van der Waals surface area contributed by atoms with Gasteiger partial charge < -0.3 is 4.90 Å². The summed E-state index contributed by atoms with van der Waals surface area (Å²) in [7, 11) is -2.78. The molecule has 0 amide bonds. The third kappa shape index (κ3) is 6.60. The van der Waals surface area contributed by atoms with Crippen LogP contribution in [0.1, 0.15) is 22.3 Å². The predicted octanol–water partition coefficient (Wildman–Crippen LogP) is 13.7. The van der Waals surface area contributed by atoms with Crippen LogP contribution in [0.25, 0.3) is 33.0 Å². The van der Waals surface area contributed by atoms with Gasteiger partial charge in [0.2, 0.25) is 0 Å². The lowest BCUT2D eigenvalue weighted by molar-refractivity contribution is 0.768. The van der Waals surface area contributed by atoms with Crippen LogP contribution in [0.15, 0.2) is 285 Å². The second-order valence-corrected chi connectivity index (χ2v) is 21.3. The first-order valence-electron chi connectivity index (χ1n) is 23.3. The van der Waals surface area contributed by atoms with Crippen LogP contribution < -0.4 is 25.6 Å². The Kier molecular flexibility index (Phi) is 10.2. The highest BCUT2D eigenvalue weighted by Gasteiger charge is 2.46. The van der Waals surface area contributed by atoms with E-state index in [2.05, 4.69) is 290 Å². The summed E-state index contributed by atoms with van der Waals surface area (Å²) in [6.07, 6.45) is 0. The van der Waals surface area contributed by atoms with Crippen molar-refractivity contribution in [1.82, 2.24) is 0 Å². The van der Waals surface area contributed by atoms with E-state index in [0.717, 1.165) is 17.1 Å². The lowest BCUT2D eigenvalue weighted by Gasteiger charge is -2.35. The molecule has 0 bridgehead atoms. The topological polar surface area (TPSA) is 3.24 Å². The van der Waals surface area contributed by atoms with E-state index in [1.807, 2.05) is 0 Å². The number of nitrogens with zero attached hydrogens (tertiary/aromatic N) is 1. The van der Waals surface area contributed by atoms with Crippen molar-refractivity contribution in [3.63, 3.8) is 0 Å². The fourth-order valence-corrected chi connectivity index (χ4v) is 16.2. The molecule has 67 heavy (non-hydrogen) atoms. The largest absolute Gasteiger partial charge is 0.310 e. The van der Waals surface area contributed by atoms with Crippen LogP contribution in [0.5, 0.6) is 0 Å². The molecule has 0 fully saturated rings. The van der Waals surface area contributed by atoms with E-state index >= 15 is 0 Å². The Morgan fingerprint density at radius 1 is 0.299 bits per heavy atom. The summed E-state index contributed by atoms with van der Waals surface area (Å²) in [5.41, 5.74) is 12.9. The molecule has 0 heterocycles. The smallest absolute Gasteiger partial charge is 0.180 e. The van der Waals surface area contributed by atoms with E-state index in [1.165, 1.54) is 76.0 Å². The molecule has 0 atom stereocenters. The van der Waals surface area contributed by atoms with Crippen LogP contribution >= 0.6 is 0 Å². The Morgan fingerprint density at radius 3 is 1.37 bits per heavy atom. The summed E-state index contributed by atoms with van der Waals surface area (Å²) in [4.78, 5) is 2.40. The van der Waals surface area contributed by atoms with Gasteiger partial charge in [-0.1, -0.05) is 249 Å². The lowest BCUT2D eigenvalue weighted by atomic mass is 9.67. The molecule has 2 heteroatoms. The average molecular weight is 870 g/mol. The maximum absolute atomic E-state index is 2.78. The van der Waals surface area contributed by atoms with Crippen LogP contribution in [0.4, 0.5) is 17.1 Å². The molecule has 0 saturated carbocycles. The van der Waals surface area contributed by atoms with Crippen molar-refractivity contribution in [3.8, 4) is 22.3 Å². The predicted molar refractivity (Wildman–Crippen MR) is 285 cm³/mol. The molecule has 0 aliphatic heterocycles. The zero-order chi connectivity index (χ0) is 44.6. The van der Waals surface area contributed by atoms with Crippen LogP contribution in [0.2, 0.25) is 0 Å². The average Bonchev–Trinajstić information content (AvgIpc) is 3.71. The molecule has 1 aliphatic carbocycles. The highest BCUT2D eigenvalue weighted by Crippen LogP contribution is 2.57. The monoisotopic (exact) mass is 869 g/mol. The Hall–Kier alpha value is -8.30. The van der Waals surface area contributed by atoms with Gasteiger partial charge >= 0.3 is 0 Å². The number of anilines is 3. The van der Waals surface area contributed by atoms with Crippen molar-refractivity contribution in [2.24, 2.45) is 0 Å². The molecule has 12 rings (SSSR count). The third-order valence-corrected chi connectivity index (χ3v) is 18.9. The highest BCUT2D eigenvalue weighted by atomic mass is 28.3. The van der Waals surface area contributed by atoms with E-state index in [-0.39, 0.29) is 0 Å². The first-order chi connectivity index (χ1) is 33.2. The van der Waals surface area contributed by atoms with Gasteiger partial charge in [-0.05, 0) is 112 Å². The van der Waals surface area contributed by atoms with Gasteiger partial charge in [0.1, 0.15) is 0 Å². The summed E-state index contributed by atoms with van der Waals surface area (Å²) in [5.74, 6) is 0. The minimum atomic E-state index is -2.78. The number of hydrogen-bond acceptors (Lipinski definition) is 1. The first kappa shape index (κ1) is 40.2. The van der Waals surface area contributed by atoms with E-state index in [4.69, 9.17) is 0 Å². The van der Waals surface area contributed by atoms with Gasteiger partial charge in [0, 0.05) is 17.1 Å². The molecule has 1 nitrogen and oxygen atoms in total. The number of para-hydroxylation sites is 1. The fourth-order valence-electron chi connectivity index (χ4n) is 11.2. The fraction of sp³-hybridized carbons (Fsp3) is 0.0154. The molecule has 316 valence electrons. The summed E-state index contributed by atoms with van der Waals surface area (Å²) < 4.78 is 0. The Balaban J connectivity index is 0.972. The van der Waals surface area contributed by atoms with Crippen molar-refractivity contribution in [2.45, 2.75) is 5.41 Å². The molecule has 0 N–H and O–H groups in total. The molecule has 1 aliphatic rings. The van der Waals surface area contributed by atoms with Crippen molar-refractivity contribution < 1.29 is 0 Å². The van der Waals surface area contributed by atoms with E-state index in [0.29, 0.717) is 0 Å². The van der Waals surface area contributed by atoms with Gasteiger partial charge in [-0.3, -0.25) is 0 Å². The van der Waals surface area contributed by atoms with E-state index < -0.39 is 13.5 Å². The maximum Gasteiger partial charge on any atom is 0.180 e. The van der Waals surface area contributed by atoms with Crippen molar-refractivity contribution >= 4 is 56.7 Å². The highest BCUT2D eigenvalue weighted by molar-refractivity contribution is 7.20. The van der Waals surface area contributed by atoms with E-state index in [1.54, 1.807) is 0 Å². The third-order valence-electron chi connectivity index (χ3n) is 14.1. The summed E-state index contributed by atoms with van der Waals surface area (Å²) in [6, 6.07) is 106. The SMILES string of the molecule is c1ccc(N(c2ccc(-c3ccc([Si](c4ccccc4)(c4ccccc4)c4cccc5ccccc45)cc3)cc2)c2ccc3c(c2)C(c2ccccc2)(c2ccccc2)c2ccccc2-3)cc1. The van der Waals surface area contributed by atoms with Gasteiger partial charge in [0.05, 0.1) is 5.41 Å². The zero-order valence-corrected chi connectivity index (χ0v) is 38.1. The minimum Gasteiger partial charge on any atom is -0.310 e. The number of fused-ring (bicyclic) bond motifs is 4. The van der Waals surface area contributed by atoms with Crippen LogP contribution in [-0.2, 0) is 5.41 Å². The van der Waals surface area contributed by atoms with Gasteiger partial charge in [-0.15, -0.1) is 0 Å². The Labute approximate surface area is 394 Å². The molecule has 0 spiro atoms. The Bertz CT molecular complexity index is 3400. The summed E-state index contributed by atoms with van der Waals surface area (Å²) in [5, 5.41) is 8.08. The van der Waals surface area contributed by atoms with Crippen molar-refractivity contribution in [3.05, 3.63) is 307 Å². The zero-order valence-electron chi connectivity index (χ0n) is 37.1. The minimum absolute atomic E-state index is 0.488. The molecule has 11 aromatic carbocycles. The molecule has 0 unspecified atom stereocenters. The van der Waals surface area contributed by atoms with Crippen LogP contribution in [-0.4, -0.2) is 8.07 Å². The summed E-state index contributed by atoms with van der Waals surface area (Å²) >= 11 is 0. The maximum atomic E-state index is 2.44. The standard InChI is InChI=1S/C65H47NSi/c1-6-23-51(24-7-1)65(52-25-8-2-9-26-52)62-35-19-18-34-60(62)61-46-43-55(47-63(61)65)66(53-27-10-3-11-28-53)54-41-37-48(38-42-54)49-39-44-58(45-40-49)67(56-29-12-4-13-30-56,57-31-14-5-15-32-57)64-36-20-22-50-21-16-17-33-59(50)64/h1-47H. The van der Waals surface area contributed by atoms with Crippen LogP contribution in [0.3, 0.4) is 0 Å². The summed E-state index contributed by atoms with van der Waals surface area (Å²) in [6.45, 7) is 0. The second kappa shape index (κ2) is 16.9. The van der Waals surface area contributed by atoms with Gasteiger partial charge in [0.15, 0.2) is 8.07 Å². The Morgan fingerprint density at radius 2 is 0.746 bits per heavy atom.